The average molecular weight is 252 g/mol. The first-order valence-electron chi connectivity index (χ1n) is 5.97. The summed E-state index contributed by atoms with van der Waals surface area (Å²) in [6.45, 7) is 5.94. The summed E-state index contributed by atoms with van der Waals surface area (Å²) in [6.07, 6.45) is 0. The average Bonchev–Trinajstić information content (AvgIpc) is 2.20. The van der Waals surface area contributed by atoms with Gasteiger partial charge in [0, 0.05) is 16.9 Å². The van der Waals surface area contributed by atoms with Gasteiger partial charge in [-0.2, -0.15) is 11.8 Å². The van der Waals surface area contributed by atoms with Crippen molar-refractivity contribution in [2.24, 2.45) is 5.41 Å². The molecule has 94 valence electrons. The zero-order valence-electron chi connectivity index (χ0n) is 10.5. The van der Waals surface area contributed by atoms with Gasteiger partial charge in [0.2, 0.25) is 0 Å². The smallest absolute Gasteiger partial charge is 0.0575 e. The molecule has 1 aromatic carbocycles. The van der Waals surface area contributed by atoms with E-state index < -0.39 is 0 Å². The van der Waals surface area contributed by atoms with Crippen LogP contribution in [0.1, 0.15) is 16.7 Å². The number of aliphatic hydroxyl groups is 1. The number of thioether (sulfide) groups is 1. The summed E-state index contributed by atoms with van der Waals surface area (Å²) < 4.78 is 5.20. The van der Waals surface area contributed by atoms with Crippen LogP contribution in [0.2, 0.25) is 0 Å². The van der Waals surface area contributed by atoms with Crippen molar-refractivity contribution in [2.75, 3.05) is 25.6 Å². The molecule has 1 aliphatic rings. The van der Waals surface area contributed by atoms with Crippen LogP contribution in [0.25, 0.3) is 0 Å². The second-order valence-electron chi connectivity index (χ2n) is 5.14. The third-order valence-corrected chi connectivity index (χ3v) is 4.46. The summed E-state index contributed by atoms with van der Waals surface area (Å²) in [5.74, 6) is 2.00. The van der Waals surface area contributed by atoms with Crippen molar-refractivity contribution in [1.82, 2.24) is 0 Å². The third kappa shape index (κ3) is 3.24. The van der Waals surface area contributed by atoms with E-state index in [9.17, 15) is 5.11 Å². The van der Waals surface area contributed by atoms with Crippen molar-refractivity contribution in [3.8, 4) is 0 Å². The quantitative estimate of drug-likeness (QED) is 0.873. The van der Waals surface area contributed by atoms with E-state index in [0.29, 0.717) is 13.2 Å². The molecule has 0 spiro atoms. The number of hydrogen-bond acceptors (Lipinski definition) is 3. The van der Waals surface area contributed by atoms with Crippen LogP contribution >= 0.6 is 11.8 Å². The van der Waals surface area contributed by atoms with Crippen LogP contribution in [0.4, 0.5) is 0 Å². The summed E-state index contributed by atoms with van der Waals surface area (Å²) >= 11 is 1.89. The Morgan fingerprint density at radius 3 is 2.35 bits per heavy atom. The van der Waals surface area contributed by atoms with Crippen LogP contribution in [0.15, 0.2) is 18.2 Å². The highest BCUT2D eigenvalue weighted by Gasteiger charge is 2.37. The first kappa shape index (κ1) is 12.9. The van der Waals surface area contributed by atoms with Gasteiger partial charge in [-0.25, -0.2) is 0 Å². The lowest BCUT2D eigenvalue weighted by molar-refractivity contribution is -0.121. The van der Waals surface area contributed by atoms with E-state index >= 15 is 0 Å². The number of rotatable bonds is 5. The van der Waals surface area contributed by atoms with Crippen LogP contribution in [0, 0.1) is 19.3 Å². The number of ether oxygens (including phenoxy) is 1. The Bertz CT molecular complexity index is 360. The lowest BCUT2D eigenvalue weighted by atomic mass is 9.90. The number of benzene rings is 1. The van der Waals surface area contributed by atoms with Crippen molar-refractivity contribution in [3.05, 3.63) is 34.9 Å². The molecule has 0 aliphatic carbocycles. The summed E-state index contributed by atoms with van der Waals surface area (Å²) in [6, 6.07) is 6.68. The maximum Gasteiger partial charge on any atom is 0.0575 e. The maximum atomic E-state index is 9.33. The minimum atomic E-state index is 0.0313. The molecule has 2 rings (SSSR count). The Labute approximate surface area is 107 Å². The normalized spacial score (nSPS) is 17.8. The summed E-state index contributed by atoms with van der Waals surface area (Å²) in [4.78, 5) is 0. The molecular weight excluding hydrogens is 232 g/mol. The molecule has 3 heteroatoms. The molecule has 17 heavy (non-hydrogen) atoms. The van der Waals surface area contributed by atoms with E-state index in [1.165, 1.54) is 16.7 Å². The number of hydrogen-bond donors (Lipinski definition) is 1. The number of aliphatic hydroxyl groups excluding tert-OH is 1. The second-order valence-corrected chi connectivity index (χ2v) is 6.13. The van der Waals surface area contributed by atoms with E-state index in [0.717, 1.165) is 11.5 Å². The van der Waals surface area contributed by atoms with Crippen LogP contribution < -0.4 is 0 Å². The molecule has 1 heterocycles. The summed E-state index contributed by atoms with van der Waals surface area (Å²) in [7, 11) is 0. The molecule has 0 radical (unpaired) electrons. The van der Waals surface area contributed by atoms with E-state index in [4.69, 9.17) is 4.74 Å². The van der Waals surface area contributed by atoms with Gasteiger partial charge in [-0.3, -0.25) is 0 Å². The van der Waals surface area contributed by atoms with Crippen LogP contribution in [0.5, 0.6) is 0 Å². The van der Waals surface area contributed by atoms with E-state index in [2.05, 4.69) is 32.0 Å². The van der Waals surface area contributed by atoms with Gasteiger partial charge in [-0.15, -0.1) is 0 Å². The molecule has 1 N–H and O–H groups in total. The molecule has 0 amide bonds. The minimum Gasteiger partial charge on any atom is -0.396 e. The summed E-state index contributed by atoms with van der Waals surface area (Å²) in [5.41, 5.74) is 4.05. The first-order chi connectivity index (χ1) is 8.13. The van der Waals surface area contributed by atoms with Crippen LogP contribution in [-0.4, -0.2) is 30.7 Å². The molecule has 1 fully saturated rings. The van der Waals surface area contributed by atoms with Crippen molar-refractivity contribution >= 4 is 11.8 Å². The molecule has 1 aliphatic heterocycles. The third-order valence-electron chi connectivity index (χ3n) is 3.11. The minimum absolute atomic E-state index is 0.0313. The highest BCUT2D eigenvalue weighted by atomic mass is 32.2. The van der Waals surface area contributed by atoms with Crippen LogP contribution in [0.3, 0.4) is 0 Å². The lowest BCUT2D eigenvalue weighted by Crippen LogP contribution is -2.47. The van der Waals surface area contributed by atoms with Crippen molar-refractivity contribution in [3.63, 3.8) is 0 Å². The zero-order chi connectivity index (χ0) is 12.3. The molecule has 1 saturated heterocycles. The highest BCUT2D eigenvalue weighted by molar-refractivity contribution is 7.98. The Hall–Kier alpha value is -0.510. The largest absolute Gasteiger partial charge is 0.396 e. The Kier molecular flexibility index (Phi) is 4.13. The van der Waals surface area contributed by atoms with Crippen molar-refractivity contribution < 1.29 is 9.84 Å². The van der Waals surface area contributed by atoms with Gasteiger partial charge in [-0.1, -0.05) is 29.3 Å². The highest BCUT2D eigenvalue weighted by Crippen LogP contribution is 2.32. The second kappa shape index (κ2) is 5.42. The van der Waals surface area contributed by atoms with Crippen LogP contribution in [-0.2, 0) is 10.5 Å². The Morgan fingerprint density at radius 1 is 1.24 bits per heavy atom. The lowest BCUT2D eigenvalue weighted by Gasteiger charge is -2.39. The summed E-state index contributed by atoms with van der Waals surface area (Å²) in [5, 5.41) is 9.33. The van der Waals surface area contributed by atoms with E-state index in [1.807, 2.05) is 11.8 Å². The van der Waals surface area contributed by atoms with Gasteiger partial charge in [0.15, 0.2) is 0 Å². The van der Waals surface area contributed by atoms with Crippen molar-refractivity contribution in [2.45, 2.75) is 19.6 Å². The molecule has 1 aromatic rings. The van der Waals surface area contributed by atoms with Gasteiger partial charge in [0.25, 0.3) is 0 Å². The zero-order valence-corrected chi connectivity index (χ0v) is 11.3. The van der Waals surface area contributed by atoms with E-state index in [1.54, 1.807) is 0 Å². The topological polar surface area (TPSA) is 29.5 Å². The van der Waals surface area contributed by atoms with Crippen molar-refractivity contribution in [1.29, 1.82) is 0 Å². The predicted molar refractivity (Wildman–Crippen MR) is 72.4 cm³/mol. The van der Waals surface area contributed by atoms with Gasteiger partial charge in [0.1, 0.15) is 0 Å². The van der Waals surface area contributed by atoms with Gasteiger partial charge >= 0.3 is 0 Å². The molecular formula is C14H20O2S. The predicted octanol–water partition coefficient (Wildman–Crippen LogP) is 2.55. The molecule has 0 saturated carbocycles. The first-order valence-corrected chi connectivity index (χ1v) is 7.13. The van der Waals surface area contributed by atoms with Gasteiger partial charge in [-0.05, 0) is 19.4 Å². The Balaban J connectivity index is 1.85. The Morgan fingerprint density at radius 2 is 1.88 bits per heavy atom. The molecule has 2 nitrogen and oxygen atoms in total. The molecule has 0 bridgehead atoms. The van der Waals surface area contributed by atoms with Gasteiger partial charge in [0.05, 0.1) is 19.8 Å². The van der Waals surface area contributed by atoms with E-state index in [-0.39, 0.29) is 12.0 Å². The standard InChI is InChI=1S/C14H20O2S/c1-11-3-12(2)5-13(4-11)6-17-10-14(7-15)8-16-9-14/h3-5,15H,6-10H2,1-2H3. The SMILES string of the molecule is Cc1cc(C)cc(CSCC2(CO)COC2)c1. The fourth-order valence-electron chi connectivity index (χ4n) is 2.15. The number of aryl methyl sites for hydroxylation is 2. The molecule has 0 aromatic heterocycles. The molecule has 0 atom stereocenters. The fourth-order valence-corrected chi connectivity index (χ4v) is 3.34. The maximum absolute atomic E-state index is 9.33. The monoisotopic (exact) mass is 252 g/mol. The fraction of sp³-hybridized carbons (Fsp3) is 0.571. The van der Waals surface area contributed by atoms with Gasteiger partial charge < -0.3 is 9.84 Å². The molecule has 0 unspecified atom stereocenters.